The van der Waals surface area contributed by atoms with Crippen molar-refractivity contribution >= 4 is 23.5 Å². The van der Waals surface area contributed by atoms with Gasteiger partial charge in [-0.25, -0.2) is 4.79 Å². The molecule has 0 radical (unpaired) electrons. The van der Waals surface area contributed by atoms with Crippen LogP contribution in [0.2, 0.25) is 5.02 Å². The van der Waals surface area contributed by atoms with E-state index in [9.17, 15) is 9.59 Å². The third-order valence-electron chi connectivity index (χ3n) is 3.30. The number of amides is 1. The molecule has 0 spiro atoms. The molecule has 126 valence electrons. The summed E-state index contributed by atoms with van der Waals surface area (Å²) in [6, 6.07) is 14.0. The summed E-state index contributed by atoms with van der Waals surface area (Å²) in [5, 5.41) is 3.14. The number of nitrogens with one attached hydrogen (secondary N) is 1. The highest BCUT2D eigenvalue weighted by atomic mass is 35.5. The molecule has 0 bridgehead atoms. The van der Waals surface area contributed by atoms with Crippen molar-refractivity contribution in [3.63, 3.8) is 0 Å². The van der Waals surface area contributed by atoms with Crippen LogP contribution in [0.25, 0.3) is 0 Å². The van der Waals surface area contributed by atoms with Gasteiger partial charge >= 0.3 is 5.97 Å². The highest BCUT2D eigenvalue weighted by molar-refractivity contribution is 6.30. The Balaban J connectivity index is 1.74. The molecule has 0 aliphatic rings. The van der Waals surface area contributed by atoms with Crippen molar-refractivity contribution in [2.75, 3.05) is 20.3 Å². The predicted molar refractivity (Wildman–Crippen MR) is 91.4 cm³/mol. The standard InChI is InChI=1S/C18H18ClNO4/c1-23-16-8-3-2-5-13(16)9-10-20-17(21)12-24-18(22)14-6-4-7-15(19)11-14/h2-8,11H,9-10,12H2,1H3,(H,20,21). The van der Waals surface area contributed by atoms with Gasteiger partial charge in [0.25, 0.3) is 5.91 Å². The average Bonchev–Trinajstić information content (AvgIpc) is 2.60. The fraction of sp³-hybridized carbons (Fsp3) is 0.222. The number of para-hydroxylation sites is 1. The summed E-state index contributed by atoms with van der Waals surface area (Å²) in [6.07, 6.45) is 0.623. The molecule has 6 heteroatoms. The smallest absolute Gasteiger partial charge is 0.338 e. The first-order chi connectivity index (χ1) is 11.6. The molecule has 2 rings (SSSR count). The van der Waals surface area contributed by atoms with Gasteiger partial charge in [0, 0.05) is 11.6 Å². The van der Waals surface area contributed by atoms with Gasteiger partial charge in [-0.2, -0.15) is 0 Å². The summed E-state index contributed by atoms with van der Waals surface area (Å²) in [5.74, 6) is -0.170. The zero-order valence-corrected chi connectivity index (χ0v) is 14.0. The van der Waals surface area contributed by atoms with Gasteiger partial charge < -0.3 is 14.8 Å². The highest BCUT2D eigenvalue weighted by Crippen LogP contribution is 2.17. The molecule has 1 amide bonds. The van der Waals surface area contributed by atoms with Crippen LogP contribution < -0.4 is 10.1 Å². The Bertz CT molecular complexity index is 718. The molecule has 5 nitrogen and oxygen atoms in total. The van der Waals surface area contributed by atoms with Crippen LogP contribution in [-0.2, 0) is 16.0 Å². The van der Waals surface area contributed by atoms with E-state index in [1.54, 1.807) is 25.3 Å². The summed E-state index contributed by atoms with van der Waals surface area (Å²) in [4.78, 5) is 23.5. The number of hydrogen-bond acceptors (Lipinski definition) is 4. The zero-order valence-electron chi connectivity index (χ0n) is 13.3. The summed E-state index contributed by atoms with van der Waals surface area (Å²) in [6.45, 7) is 0.0885. The largest absolute Gasteiger partial charge is 0.496 e. The molecule has 0 saturated heterocycles. The molecule has 0 aliphatic heterocycles. The second kappa shape index (κ2) is 8.93. The predicted octanol–water partition coefficient (Wildman–Crippen LogP) is 2.86. The Morgan fingerprint density at radius 2 is 1.92 bits per heavy atom. The molecule has 0 atom stereocenters. The lowest BCUT2D eigenvalue weighted by molar-refractivity contribution is -0.124. The van der Waals surface area contributed by atoms with Gasteiger partial charge in [-0.05, 0) is 36.2 Å². The van der Waals surface area contributed by atoms with Crippen molar-refractivity contribution < 1.29 is 19.1 Å². The van der Waals surface area contributed by atoms with Crippen LogP contribution in [0.3, 0.4) is 0 Å². The van der Waals surface area contributed by atoms with Crippen molar-refractivity contribution in [1.29, 1.82) is 0 Å². The maximum Gasteiger partial charge on any atom is 0.338 e. The van der Waals surface area contributed by atoms with Gasteiger partial charge in [0.15, 0.2) is 6.61 Å². The number of esters is 1. The first-order valence-corrected chi connectivity index (χ1v) is 7.79. The average molecular weight is 348 g/mol. The third kappa shape index (κ3) is 5.28. The maximum atomic E-state index is 11.8. The van der Waals surface area contributed by atoms with Crippen LogP contribution in [0.4, 0.5) is 0 Å². The fourth-order valence-electron chi connectivity index (χ4n) is 2.13. The number of halogens is 1. The van der Waals surface area contributed by atoms with Gasteiger partial charge in [-0.15, -0.1) is 0 Å². The minimum absolute atomic E-state index is 0.310. The van der Waals surface area contributed by atoms with Crippen molar-refractivity contribution in [3.8, 4) is 5.75 Å². The molecule has 0 fully saturated rings. The normalized spacial score (nSPS) is 10.1. The van der Waals surface area contributed by atoms with E-state index in [2.05, 4.69) is 5.32 Å². The minimum Gasteiger partial charge on any atom is -0.496 e. The molecule has 2 aromatic carbocycles. The number of methoxy groups -OCH3 is 1. The van der Waals surface area contributed by atoms with Crippen LogP contribution >= 0.6 is 11.6 Å². The third-order valence-corrected chi connectivity index (χ3v) is 3.54. The van der Waals surface area contributed by atoms with E-state index in [-0.39, 0.29) is 12.5 Å². The lowest BCUT2D eigenvalue weighted by atomic mass is 10.1. The fourth-order valence-corrected chi connectivity index (χ4v) is 2.32. The molecule has 0 aromatic heterocycles. The van der Waals surface area contributed by atoms with E-state index < -0.39 is 5.97 Å². The van der Waals surface area contributed by atoms with Crippen molar-refractivity contribution in [2.45, 2.75) is 6.42 Å². The maximum absolute atomic E-state index is 11.8. The van der Waals surface area contributed by atoms with Crippen LogP contribution in [0.15, 0.2) is 48.5 Å². The highest BCUT2D eigenvalue weighted by Gasteiger charge is 2.10. The first kappa shape index (κ1) is 17.8. The van der Waals surface area contributed by atoms with E-state index in [4.69, 9.17) is 21.1 Å². The SMILES string of the molecule is COc1ccccc1CCNC(=O)COC(=O)c1cccc(Cl)c1. The van der Waals surface area contributed by atoms with Crippen molar-refractivity contribution in [2.24, 2.45) is 0 Å². The monoisotopic (exact) mass is 347 g/mol. The molecular weight excluding hydrogens is 330 g/mol. The van der Waals surface area contributed by atoms with E-state index in [1.165, 1.54) is 6.07 Å². The van der Waals surface area contributed by atoms with Gasteiger partial charge in [0.2, 0.25) is 0 Å². The van der Waals surface area contributed by atoms with E-state index in [1.807, 2.05) is 24.3 Å². The van der Waals surface area contributed by atoms with Gasteiger partial charge in [0.1, 0.15) is 5.75 Å². The van der Waals surface area contributed by atoms with Crippen LogP contribution in [-0.4, -0.2) is 32.1 Å². The second-order valence-corrected chi connectivity index (χ2v) is 5.43. The Hall–Kier alpha value is -2.53. The van der Waals surface area contributed by atoms with Crippen molar-refractivity contribution in [3.05, 3.63) is 64.7 Å². The Labute approximate surface area is 145 Å². The molecule has 0 saturated carbocycles. The van der Waals surface area contributed by atoms with E-state index in [0.29, 0.717) is 23.6 Å². The lowest BCUT2D eigenvalue weighted by Gasteiger charge is -2.09. The molecule has 0 heterocycles. The summed E-state index contributed by atoms with van der Waals surface area (Å²) in [5.41, 5.74) is 1.31. The van der Waals surface area contributed by atoms with Crippen LogP contribution in [0, 0.1) is 0 Å². The van der Waals surface area contributed by atoms with Crippen molar-refractivity contribution in [1.82, 2.24) is 5.32 Å². The summed E-state index contributed by atoms with van der Waals surface area (Å²) in [7, 11) is 1.60. The number of hydrogen-bond donors (Lipinski definition) is 1. The summed E-state index contributed by atoms with van der Waals surface area (Å²) >= 11 is 5.81. The van der Waals surface area contributed by atoms with Gasteiger partial charge in [0.05, 0.1) is 12.7 Å². The second-order valence-electron chi connectivity index (χ2n) is 5.00. The minimum atomic E-state index is -0.586. The van der Waals surface area contributed by atoms with Gasteiger partial charge in [-0.3, -0.25) is 4.79 Å². The number of carbonyl (C=O) groups is 2. The number of ether oxygens (including phenoxy) is 2. The Kier molecular flexibility index (Phi) is 6.63. The zero-order chi connectivity index (χ0) is 17.4. The van der Waals surface area contributed by atoms with Crippen LogP contribution in [0.5, 0.6) is 5.75 Å². The Morgan fingerprint density at radius 3 is 2.67 bits per heavy atom. The van der Waals surface area contributed by atoms with E-state index in [0.717, 1.165) is 11.3 Å². The molecule has 24 heavy (non-hydrogen) atoms. The Morgan fingerprint density at radius 1 is 1.12 bits per heavy atom. The molecule has 2 aromatic rings. The quantitative estimate of drug-likeness (QED) is 0.782. The number of rotatable bonds is 7. The summed E-state index contributed by atoms with van der Waals surface area (Å²) < 4.78 is 10.2. The molecule has 0 aliphatic carbocycles. The lowest BCUT2D eigenvalue weighted by Crippen LogP contribution is -2.30. The van der Waals surface area contributed by atoms with E-state index >= 15 is 0 Å². The first-order valence-electron chi connectivity index (χ1n) is 7.41. The van der Waals surface area contributed by atoms with Gasteiger partial charge in [-0.1, -0.05) is 35.9 Å². The topological polar surface area (TPSA) is 64.6 Å². The molecule has 0 unspecified atom stereocenters. The molecule has 1 N–H and O–H groups in total. The number of benzene rings is 2. The van der Waals surface area contributed by atoms with Crippen LogP contribution in [0.1, 0.15) is 15.9 Å². The molecular formula is C18H18ClNO4. The number of carbonyl (C=O) groups excluding carboxylic acids is 2.